The number of carboxylic acid groups (broad SMARTS) is 1. The minimum Gasteiger partial charge on any atom is -0.480 e. The lowest BCUT2D eigenvalue weighted by Crippen LogP contribution is -2.46. The Bertz CT molecular complexity index is 796. The third-order valence-corrected chi connectivity index (χ3v) is 6.50. The van der Waals surface area contributed by atoms with Gasteiger partial charge in [-0.3, -0.25) is 9.59 Å². The number of carbonyl (C=O) groups is 3. The van der Waals surface area contributed by atoms with Crippen LogP contribution in [0.5, 0.6) is 0 Å². The molecule has 3 aliphatic rings. The van der Waals surface area contributed by atoms with E-state index in [0.29, 0.717) is 30.1 Å². The van der Waals surface area contributed by atoms with Gasteiger partial charge in [0.1, 0.15) is 6.04 Å². The fourth-order valence-corrected chi connectivity index (χ4v) is 5.08. The molecular formula is C20H23ClN2O4. The van der Waals surface area contributed by atoms with Crippen LogP contribution in [0, 0.1) is 5.92 Å². The van der Waals surface area contributed by atoms with Crippen molar-refractivity contribution < 1.29 is 19.5 Å². The van der Waals surface area contributed by atoms with Crippen molar-refractivity contribution in [3.05, 3.63) is 28.8 Å². The number of anilines is 1. The van der Waals surface area contributed by atoms with Crippen molar-refractivity contribution in [2.24, 2.45) is 5.92 Å². The Morgan fingerprint density at radius 2 is 1.93 bits per heavy atom. The summed E-state index contributed by atoms with van der Waals surface area (Å²) in [6, 6.07) is 4.16. The molecule has 0 spiro atoms. The summed E-state index contributed by atoms with van der Waals surface area (Å²) in [4.78, 5) is 40.4. The number of halogens is 1. The van der Waals surface area contributed by atoms with Gasteiger partial charge >= 0.3 is 5.97 Å². The lowest BCUT2D eigenvalue weighted by molar-refractivity contribution is -0.141. The van der Waals surface area contributed by atoms with Gasteiger partial charge in [0.15, 0.2) is 0 Å². The summed E-state index contributed by atoms with van der Waals surface area (Å²) >= 11 is 6.32. The number of nitrogens with zero attached hydrogens (tertiary/aromatic N) is 2. The molecule has 0 radical (unpaired) electrons. The van der Waals surface area contributed by atoms with Crippen molar-refractivity contribution in [3.63, 3.8) is 0 Å². The molecule has 1 saturated carbocycles. The monoisotopic (exact) mass is 390 g/mol. The van der Waals surface area contributed by atoms with Gasteiger partial charge in [0.2, 0.25) is 5.91 Å². The topological polar surface area (TPSA) is 77.9 Å². The number of hydrogen-bond acceptors (Lipinski definition) is 3. The largest absolute Gasteiger partial charge is 0.480 e. The summed E-state index contributed by atoms with van der Waals surface area (Å²) in [7, 11) is 0. The first kappa shape index (κ1) is 18.3. The van der Waals surface area contributed by atoms with E-state index in [-0.39, 0.29) is 29.3 Å². The highest BCUT2D eigenvalue weighted by Gasteiger charge is 2.48. The van der Waals surface area contributed by atoms with Crippen LogP contribution in [0.1, 0.15) is 55.3 Å². The summed E-state index contributed by atoms with van der Waals surface area (Å²) in [5.74, 6) is -1.02. The maximum Gasteiger partial charge on any atom is 0.326 e. The number of carboxylic acids is 1. The Hall–Kier alpha value is -2.08. The lowest BCUT2D eigenvalue weighted by Gasteiger charge is -2.33. The van der Waals surface area contributed by atoms with Crippen LogP contribution in [-0.2, 0) is 9.59 Å². The molecule has 1 aromatic rings. The number of rotatable bonds is 3. The number of fused-ring (bicyclic) bond motifs is 1. The number of likely N-dealkylation sites (tertiary alicyclic amines) is 1. The van der Waals surface area contributed by atoms with Crippen LogP contribution in [-0.4, -0.2) is 46.4 Å². The smallest absolute Gasteiger partial charge is 0.326 e. The van der Waals surface area contributed by atoms with Crippen LogP contribution in [0.15, 0.2) is 18.2 Å². The van der Waals surface area contributed by atoms with E-state index in [1.807, 2.05) is 0 Å². The van der Waals surface area contributed by atoms with E-state index in [1.165, 1.54) is 0 Å². The van der Waals surface area contributed by atoms with Gasteiger partial charge in [0.05, 0.1) is 10.6 Å². The average Bonchev–Trinajstić information content (AvgIpc) is 3.25. The normalized spacial score (nSPS) is 27.7. The zero-order valence-corrected chi connectivity index (χ0v) is 15.8. The standard InChI is InChI=1S/C20H23ClN2O4/c21-15-8-7-13(22-9-3-6-18(22)24)11-14(15)19(25)23-16-5-2-1-4-12(16)10-17(23)20(26)27/h7-8,11-12,16-17H,1-6,9-10H2,(H,26,27). The van der Waals surface area contributed by atoms with E-state index in [4.69, 9.17) is 11.6 Å². The Morgan fingerprint density at radius 1 is 1.15 bits per heavy atom. The summed E-state index contributed by atoms with van der Waals surface area (Å²) in [5, 5.41) is 9.97. The number of amides is 2. The van der Waals surface area contributed by atoms with Gasteiger partial charge in [-0.05, 0) is 49.8 Å². The second kappa shape index (κ2) is 7.15. The van der Waals surface area contributed by atoms with E-state index in [9.17, 15) is 19.5 Å². The van der Waals surface area contributed by atoms with Crippen LogP contribution in [0.25, 0.3) is 0 Å². The molecule has 144 valence electrons. The predicted octanol–water partition coefficient (Wildman–Crippen LogP) is 3.32. The summed E-state index contributed by atoms with van der Waals surface area (Å²) < 4.78 is 0. The molecule has 1 aromatic carbocycles. The van der Waals surface area contributed by atoms with Crippen molar-refractivity contribution in [1.29, 1.82) is 0 Å². The third-order valence-electron chi connectivity index (χ3n) is 6.17. The second-order valence-corrected chi connectivity index (χ2v) is 8.13. The van der Waals surface area contributed by atoms with E-state index in [1.54, 1.807) is 28.0 Å². The first-order valence-corrected chi connectivity index (χ1v) is 10.0. The minimum absolute atomic E-state index is 0.0349. The molecule has 3 unspecified atom stereocenters. The van der Waals surface area contributed by atoms with Crippen molar-refractivity contribution in [2.45, 2.75) is 57.0 Å². The zero-order chi connectivity index (χ0) is 19.1. The molecule has 1 aliphatic carbocycles. The number of hydrogen-bond donors (Lipinski definition) is 1. The Morgan fingerprint density at radius 3 is 2.63 bits per heavy atom. The number of carbonyl (C=O) groups excluding carboxylic acids is 2. The first-order chi connectivity index (χ1) is 13.0. The third kappa shape index (κ3) is 3.20. The molecule has 3 atom stereocenters. The lowest BCUT2D eigenvalue weighted by atomic mass is 9.84. The molecule has 3 fully saturated rings. The van der Waals surface area contributed by atoms with Crippen LogP contribution < -0.4 is 4.90 Å². The van der Waals surface area contributed by atoms with E-state index < -0.39 is 12.0 Å². The van der Waals surface area contributed by atoms with Gasteiger partial charge in [0, 0.05) is 24.7 Å². The van der Waals surface area contributed by atoms with E-state index in [0.717, 1.165) is 32.1 Å². The number of aliphatic carboxylic acids is 1. The molecule has 1 N–H and O–H groups in total. The quantitative estimate of drug-likeness (QED) is 0.858. The van der Waals surface area contributed by atoms with Crippen molar-refractivity contribution >= 4 is 35.1 Å². The number of benzene rings is 1. The highest BCUT2D eigenvalue weighted by molar-refractivity contribution is 6.34. The van der Waals surface area contributed by atoms with Gasteiger partial charge in [-0.1, -0.05) is 24.4 Å². The van der Waals surface area contributed by atoms with Crippen molar-refractivity contribution in [1.82, 2.24) is 4.90 Å². The first-order valence-electron chi connectivity index (χ1n) is 9.62. The Labute approximate surface area is 163 Å². The van der Waals surface area contributed by atoms with Crippen LogP contribution in [0.3, 0.4) is 0 Å². The predicted molar refractivity (Wildman–Crippen MR) is 101 cm³/mol. The van der Waals surface area contributed by atoms with Crippen LogP contribution >= 0.6 is 11.6 Å². The molecule has 2 heterocycles. The Balaban J connectivity index is 1.68. The SMILES string of the molecule is O=C(O)C1CC2CCCCC2N1C(=O)c1cc(N2CCCC2=O)ccc1Cl. The molecule has 2 saturated heterocycles. The van der Waals surface area contributed by atoms with Crippen LogP contribution in [0.2, 0.25) is 5.02 Å². The summed E-state index contributed by atoms with van der Waals surface area (Å²) in [5.41, 5.74) is 0.933. The zero-order valence-electron chi connectivity index (χ0n) is 15.1. The Kier molecular flexibility index (Phi) is 4.84. The molecule has 0 aromatic heterocycles. The molecule has 0 bridgehead atoms. The van der Waals surface area contributed by atoms with Gasteiger partial charge < -0.3 is 14.9 Å². The second-order valence-electron chi connectivity index (χ2n) is 7.73. The van der Waals surface area contributed by atoms with Crippen LogP contribution in [0.4, 0.5) is 5.69 Å². The maximum atomic E-state index is 13.4. The molecular weight excluding hydrogens is 368 g/mol. The molecule has 27 heavy (non-hydrogen) atoms. The fourth-order valence-electron chi connectivity index (χ4n) is 4.88. The fraction of sp³-hybridized carbons (Fsp3) is 0.550. The maximum absolute atomic E-state index is 13.4. The summed E-state index contributed by atoms with van der Waals surface area (Å²) in [6.07, 6.45) is 5.70. The highest BCUT2D eigenvalue weighted by atomic mass is 35.5. The van der Waals surface area contributed by atoms with E-state index in [2.05, 4.69) is 0 Å². The molecule has 6 nitrogen and oxygen atoms in total. The van der Waals surface area contributed by atoms with E-state index >= 15 is 0 Å². The molecule has 2 aliphatic heterocycles. The van der Waals surface area contributed by atoms with Gasteiger partial charge in [-0.15, -0.1) is 0 Å². The van der Waals surface area contributed by atoms with Gasteiger partial charge in [-0.25, -0.2) is 4.79 Å². The van der Waals surface area contributed by atoms with Gasteiger partial charge in [-0.2, -0.15) is 0 Å². The van der Waals surface area contributed by atoms with Crippen molar-refractivity contribution in [2.75, 3.05) is 11.4 Å². The average molecular weight is 391 g/mol. The van der Waals surface area contributed by atoms with Gasteiger partial charge in [0.25, 0.3) is 5.91 Å². The molecule has 4 rings (SSSR count). The molecule has 2 amide bonds. The minimum atomic E-state index is -0.959. The highest BCUT2D eigenvalue weighted by Crippen LogP contribution is 2.41. The molecule has 7 heteroatoms. The summed E-state index contributed by atoms with van der Waals surface area (Å²) in [6.45, 7) is 0.625. The van der Waals surface area contributed by atoms with Crippen molar-refractivity contribution in [3.8, 4) is 0 Å².